The second-order valence-corrected chi connectivity index (χ2v) is 7.79. The van der Waals surface area contributed by atoms with E-state index < -0.39 is 11.7 Å². The van der Waals surface area contributed by atoms with E-state index >= 15 is 0 Å². The molecule has 0 aliphatic heterocycles. The van der Waals surface area contributed by atoms with Gasteiger partial charge in [-0.25, -0.2) is 0 Å². The van der Waals surface area contributed by atoms with Gasteiger partial charge in [0.2, 0.25) is 0 Å². The zero-order chi connectivity index (χ0) is 12.6. The van der Waals surface area contributed by atoms with Crippen LogP contribution < -0.4 is 0 Å². The summed E-state index contributed by atoms with van der Waals surface area (Å²) in [6, 6.07) is 0. The van der Waals surface area contributed by atoms with Crippen molar-refractivity contribution in [2.45, 2.75) is 65.1 Å². The van der Waals surface area contributed by atoms with Crippen molar-refractivity contribution in [3.8, 4) is 0 Å². The quantitative estimate of drug-likeness (QED) is 0.681. The number of fused-ring (bicyclic) bond motifs is 1. The van der Waals surface area contributed by atoms with Gasteiger partial charge in [-0.1, -0.05) is 20.8 Å². The standard InChI is InChI=1S/C15H26O2/c1-9-5-6-10-13(2,3)11-7-15(9,10)8-12(16)14(11,4)17/h9-12,16-17H,5-8H2,1-4H3/t9-,10+,11?,12?,14?,15-/m1/s1. The third kappa shape index (κ3) is 1.19. The molecule has 2 bridgehead atoms. The van der Waals surface area contributed by atoms with E-state index in [0.717, 1.165) is 12.8 Å². The molecule has 0 amide bonds. The molecule has 0 heterocycles. The summed E-state index contributed by atoms with van der Waals surface area (Å²) in [6.07, 6.45) is 3.98. The van der Waals surface area contributed by atoms with E-state index in [1.807, 2.05) is 6.92 Å². The second-order valence-electron chi connectivity index (χ2n) is 7.79. The van der Waals surface area contributed by atoms with Gasteiger partial charge in [0.15, 0.2) is 0 Å². The Hall–Kier alpha value is -0.0800. The number of rotatable bonds is 0. The average molecular weight is 238 g/mol. The third-order valence-electron chi connectivity index (χ3n) is 6.90. The minimum atomic E-state index is -0.890. The lowest BCUT2D eigenvalue weighted by atomic mass is 9.63. The first-order chi connectivity index (χ1) is 7.73. The lowest BCUT2D eigenvalue weighted by Crippen LogP contribution is -2.53. The first kappa shape index (κ1) is 12.0. The van der Waals surface area contributed by atoms with Crippen LogP contribution in [0, 0.1) is 28.6 Å². The van der Waals surface area contributed by atoms with E-state index in [1.165, 1.54) is 12.8 Å². The molecule has 98 valence electrons. The third-order valence-corrected chi connectivity index (χ3v) is 6.90. The van der Waals surface area contributed by atoms with Crippen LogP contribution in [0.4, 0.5) is 0 Å². The molecule has 0 aromatic carbocycles. The molecule has 3 rings (SSSR count). The van der Waals surface area contributed by atoms with Gasteiger partial charge in [-0.3, -0.25) is 0 Å². The highest BCUT2D eigenvalue weighted by atomic mass is 16.3. The molecule has 3 aliphatic carbocycles. The minimum absolute atomic E-state index is 0.172. The summed E-state index contributed by atoms with van der Waals surface area (Å²) in [5, 5.41) is 21.0. The van der Waals surface area contributed by atoms with Crippen LogP contribution >= 0.6 is 0 Å². The highest BCUT2D eigenvalue weighted by Crippen LogP contribution is 2.73. The average Bonchev–Trinajstić information content (AvgIpc) is 2.61. The van der Waals surface area contributed by atoms with Crippen LogP contribution in [-0.2, 0) is 0 Å². The van der Waals surface area contributed by atoms with Gasteiger partial charge in [0.05, 0.1) is 11.7 Å². The summed E-state index contributed by atoms with van der Waals surface area (Å²) < 4.78 is 0. The number of aliphatic hydroxyl groups is 2. The van der Waals surface area contributed by atoms with Gasteiger partial charge in [-0.05, 0) is 61.2 Å². The van der Waals surface area contributed by atoms with Crippen LogP contribution in [0.5, 0.6) is 0 Å². The Morgan fingerprint density at radius 1 is 1.00 bits per heavy atom. The molecule has 3 unspecified atom stereocenters. The molecular formula is C15H26O2. The van der Waals surface area contributed by atoms with Gasteiger partial charge in [-0.2, -0.15) is 0 Å². The Morgan fingerprint density at radius 2 is 1.65 bits per heavy atom. The first-order valence-electron chi connectivity index (χ1n) is 7.13. The van der Waals surface area contributed by atoms with E-state index in [2.05, 4.69) is 20.8 Å². The maximum Gasteiger partial charge on any atom is 0.0911 e. The molecule has 1 spiro atoms. The molecule has 2 nitrogen and oxygen atoms in total. The molecule has 2 heteroatoms. The smallest absolute Gasteiger partial charge is 0.0911 e. The molecule has 0 aromatic rings. The number of aliphatic hydroxyl groups excluding tert-OH is 1. The van der Waals surface area contributed by atoms with Crippen molar-refractivity contribution >= 4 is 0 Å². The topological polar surface area (TPSA) is 40.5 Å². The van der Waals surface area contributed by atoms with E-state index in [-0.39, 0.29) is 11.3 Å². The Bertz CT molecular complexity index is 347. The largest absolute Gasteiger partial charge is 0.390 e. The first-order valence-corrected chi connectivity index (χ1v) is 7.13. The summed E-state index contributed by atoms with van der Waals surface area (Å²) in [5.41, 5.74) is -0.402. The maximum absolute atomic E-state index is 10.7. The van der Waals surface area contributed by atoms with Crippen molar-refractivity contribution in [2.75, 3.05) is 0 Å². The van der Waals surface area contributed by atoms with Crippen LogP contribution in [0.2, 0.25) is 0 Å². The fraction of sp³-hybridized carbons (Fsp3) is 1.00. The highest BCUT2D eigenvalue weighted by Gasteiger charge is 2.70. The fourth-order valence-electron chi connectivity index (χ4n) is 5.86. The zero-order valence-electron chi connectivity index (χ0n) is 11.5. The summed E-state index contributed by atoms with van der Waals surface area (Å²) in [4.78, 5) is 0. The predicted octanol–water partition coefficient (Wildman–Crippen LogP) is 2.58. The van der Waals surface area contributed by atoms with Gasteiger partial charge in [0.1, 0.15) is 0 Å². The molecule has 0 saturated heterocycles. The number of hydrogen-bond acceptors (Lipinski definition) is 2. The maximum atomic E-state index is 10.7. The molecule has 6 atom stereocenters. The fourth-order valence-corrected chi connectivity index (χ4v) is 5.86. The summed E-state index contributed by atoms with van der Waals surface area (Å²) >= 11 is 0. The van der Waals surface area contributed by atoms with Gasteiger partial charge < -0.3 is 10.2 Å². The van der Waals surface area contributed by atoms with Crippen LogP contribution in [0.3, 0.4) is 0 Å². The van der Waals surface area contributed by atoms with E-state index in [9.17, 15) is 10.2 Å². The number of hydrogen-bond donors (Lipinski definition) is 2. The normalized spacial score (nSPS) is 60.4. The second kappa shape index (κ2) is 3.08. The van der Waals surface area contributed by atoms with E-state index in [0.29, 0.717) is 17.3 Å². The van der Waals surface area contributed by atoms with Crippen LogP contribution in [0.25, 0.3) is 0 Å². The molecule has 3 fully saturated rings. The van der Waals surface area contributed by atoms with Gasteiger partial charge >= 0.3 is 0 Å². The van der Waals surface area contributed by atoms with E-state index in [4.69, 9.17) is 0 Å². The Labute approximate surface area is 104 Å². The van der Waals surface area contributed by atoms with Crippen molar-refractivity contribution in [3.63, 3.8) is 0 Å². The van der Waals surface area contributed by atoms with Crippen molar-refractivity contribution in [3.05, 3.63) is 0 Å². The molecule has 3 aliphatic rings. The van der Waals surface area contributed by atoms with Crippen LogP contribution in [0.1, 0.15) is 53.4 Å². The molecule has 2 N–H and O–H groups in total. The van der Waals surface area contributed by atoms with Gasteiger partial charge in [-0.15, -0.1) is 0 Å². The lowest BCUT2D eigenvalue weighted by molar-refractivity contribution is -0.153. The summed E-state index contributed by atoms with van der Waals surface area (Å²) in [6.45, 7) is 8.83. The van der Waals surface area contributed by atoms with Crippen LogP contribution in [-0.4, -0.2) is 21.9 Å². The highest BCUT2D eigenvalue weighted by molar-refractivity contribution is 5.19. The van der Waals surface area contributed by atoms with Gasteiger partial charge in [0.25, 0.3) is 0 Å². The molecule has 0 aromatic heterocycles. The molecule has 17 heavy (non-hydrogen) atoms. The SMILES string of the molecule is C[C@@H]1CC[C@H]2C(C)(C)C3C[C@@]12CC(O)C3(C)O. The predicted molar refractivity (Wildman–Crippen MR) is 67.5 cm³/mol. The van der Waals surface area contributed by atoms with Crippen LogP contribution in [0.15, 0.2) is 0 Å². The summed E-state index contributed by atoms with van der Waals surface area (Å²) in [5.74, 6) is 1.66. The Kier molecular flexibility index (Phi) is 2.17. The monoisotopic (exact) mass is 238 g/mol. The minimum Gasteiger partial charge on any atom is -0.390 e. The zero-order valence-corrected chi connectivity index (χ0v) is 11.5. The lowest BCUT2D eigenvalue weighted by Gasteiger charge is -2.47. The Morgan fingerprint density at radius 3 is 2.29 bits per heavy atom. The Balaban J connectivity index is 2.10. The molecular weight excluding hydrogens is 212 g/mol. The van der Waals surface area contributed by atoms with Crippen molar-refractivity contribution in [2.24, 2.45) is 28.6 Å². The van der Waals surface area contributed by atoms with Crippen molar-refractivity contribution < 1.29 is 10.2 Å². The molecule has 3 saturated carbocycles. The van der Waals surface area contributed by atoms with E-state index in [1.54, 1.807) is 0 Å². The van der Waals surface area contributed by atoms with Crippen molar-refractivity contribution in [1.82, 2.24) is 0 Å². The van der Waals surface area contributed by atoms with Crippen molar-refractivity contribution in [1.29, 1.82) is 0 Å². The summed E-state index contributed by atoms with van der Waals surface area (Å²) in [7, 11) is 0. The van der Waals surface area contributed by atoms with Gasteiger partial charge in [0, 0.05) is 0 Å². The molecule has 0 radical (unpaired) electrons.